The Labute approximate surface area is 157 Å². The fourth-order valence-corrected chi connectivity index (χ4v) is 3.56. The van der Waals surface area contributed by atoms with Gasteiger partial charge in [-0.1, -0.05) is 19.9 Å². The number of fused-ring (bicyclic) bond motifs is 1. The zero-order valence-electron chi connectivity index (χ0n) is 15.5. The molecule has 4 rings (SSSR count). The van der Waals surface area contributed by atoms with Gasteiger partial charge in [0, 0.05) is 30.9 Å². The minimum absolute atomic E-state index is 0.107. The van der Waals surface area contributed by atoms with Crippen LogP contribution in [0, 0.1) is 0 Å². The molecule has 3 aromatic rings. The standard InChI is InChI=1S/C19H23N7O/c1-12(2)14-10-15(22-19(20)21-14)18(27)25-8-5-6-13(11-25)17-24-23-16-7-3-4-9-26(16)17/h3-4,7,9-10,12-13H,5-6,8,11H2,1-2H3,(H2,20,21,22). The second-order valence-corrected chi connectivity index (χ2v) is 7.27. The van der Waals surface area contributed by atoms with Gasteiger partial charge < -0.3 is 10.6 Å². The van der Waals surface area contributed by atoms with Crippen molar-refractivity contribution in [2.24, 2.45) is 0 Å². The van der Waals surface area contributed by atoms with Gasteiger partial charge in [-0.25, -0.2) is 9.97 Å². The van der Waals surface area contributed by atoms with E-state index in [1.165, 1.54) is 0 Å². The Kier molecular flexibility index (Phi) is 4.47. The summed E-state index contributed by atoms with van der Waals surface area (Å²) in [6.45, 7) is 5.33. The molecule has 0 radical (unpaired) electrons. The molecule has 0 bridgehead atoms. The van der Waals surface area contributed by atoms with Crippen LogP contribution in [0.2, 0.25) is 0 Å². The highest BCUT2D eigenvalue weighted by atomic mass is 16.2. The molecule has 4 heterocycles. The summed E-state index contributed by atoms with van der Waals surface area (Å²) in [5.74, 6) is 1.25. The molecule has 1 aliphatic heterocycles. The first-order valence-corrected chi connectivity index (χ1v) is 9.26. The molecule has 0 spiro atoms. The molecule has 0 aromatic carbocycles. The highest BCUT2D eigenvalue weighted by molar-refractivity contribution is 5.92. The van der Waals surface area contributed by atoms with Crippen molar-refractivity contribution in [3.63, 3.8) is 0 Å². The van der Waals surface area contributed by atoms with Crippen LogP contribution < -0.4 is 5.73 Å². The number of pyridine rings is 1. The van der Waals surface area contributed by atoms with E-state index in [0.29, 0.717) is 18.8 Å². The van der Waals surface area contributed by atoms with E-state index >= 15 is 0 Å². The molecular formula is C19H23N7O. The van der Waals surface area contributed by atoms with Crippen LogP contribution in [0.5, 0.6) is 0 Å². The molecular weight excluding hydrogens is 342 g/mol. The Morgan fingerprint density at radius 3 is 2.93 bits per heavy atom. The normalized spacial score (nSPS) is 17.6. The molecule has 0 saturated carbocycles. The second kappa shape index (κ2) is 6.94. The molecule has 8 heteroatoms. The minimum Gasteiger partial charge on any atom is -0.368 e. The van der Waals surface area contributed by atoms with Gasteiger partial charge >= 0.3 is 0 Å². The Bertz CT molecular complexity index is 981. The molecule has 1 atom stereocenters. The van der Waals surface area contributed by atoms with Gasteiger partial charge in [-0.2, -0.15) is 0 Å². The monoisotopic (exact) mass is 365 g/mol. The summed E-state index contributed by atoms with van der Waals surface area (Å²) < 4.78 is 2.00. The summed E-state index contributed by atoms with van der Waals surface area (Å²) in [6.07, 6.45) is 3.85. The predicted octanol–water partition coefficient (Wildman–Crippen LogP) is 2.24. The van der Waals surface area contributed by atoms with E-state index in [0.717, 1.165) is 30.0 Å². The number of hydrogen-bond donors (Lipinski definition) is 1. The van der Waals surface area contributed by atoms with Crippen LogP contribution >= 0.6 is 0 Å². The molecule has 1 fully saturated rings. The Morgan fingerprint density at radius 1 is 1.26 bits per heavy atom. The number of amides is 1. The number of nitrogens with two attached hydrogens (primary N) is 1. The number of rotatable bonds is 3. The molecule has 0 aliphatic carbocycles. The van der Waals surface area contributed by atoms with Crippen LogP contribution in [0.15, 0.2) is 30.5 Å². The summed E-state index contributed by atoms with van der Waals surface area (Å²) in [7, 11) is 0. The maximum absolute atomic E-state index is 13.0. The van der Waals surface area contributed by atoms with Crippen molar-refractivity contribution in [1.29, 1.82) is 0 Å². The van der Waals surface area contributed by atoms with Crippen molar-refractivity contribution in [3.8, 4) is 0 Å². The van der Waals surface area contributed by atoms with Gasteiger partial charge in [0.2, 0.25) is 5.95 Å². The number of anilines is 1. The largest absolute Gasteiger partial charge is 0.368 e. The van der Waals surface area contributed by atoms with Crippen LogP contribution in [0.4, 0.5) is 5.95 Å². The smallest absolute Gasteiger partial charge is 0.272 e. The van der Waals surface area contributed by atoms with Crippen LogP contribution in [0.1, 0.15) is 60.5 Å². The third kappa shape index (κ3) is 3.34. The average molecular weight is 365 g/mol. The van der Waals surface area contributed by atoms with E-state index in [1.807, 2.05) is 47.5 Å². The van der Waals surface area contributed by atoms with Crippen LogP contribution in [-0.2, 0) is 0 Å². The van der Waals surface area contributed by atoms with Crippen molar-refractivity contribution in [1.82, 2.24) is 29.5 Å². The molecule has 8 nitrogen and oxygen atoms in total. The molecule has 27 heavy (non-hydrogen) atoms. The molecule has 3 aromatic heterocycles. The maximum atomic E-state index is 13.0. The van der Waals surface area contributed by atoms with Gasteiger partial charge in [0.25, 0.3) is 5.91 Å². The van der Waals surface area contributed by atoms with Crippen molar-refractivity contribution < 1.29 is 4.79 Å². The SMILES string of the molecule is CC(C)c1cc(C(=O)N2CCCC(c3nnc4ccccn34)C2)nc(N)n1. The summed E-state index contributed by atoms with van der Waals surface area (Å²) >= 11 is 0. The Morgan fingerprint density at radius 2 is 2.11 bits per heavy atom. The van der Waals surface area contributed by atoms with E-state index in [1.54, 1.807) is 6.07 Å². The first-order valence-electron chi connectivity index (χ1n) is 9.26. The number of carbonyl (C=O) groups is 1. The fourth-order valence-electron chi connectivity index (χ4n) is 3.56. The zero-order chi connectivity index (χ0) is 19.0. The molecule has 1 unspecified atom stereocenters. The van der Waals surface area contributed by atoms with Crippen molar-refractivity contribution in [2.75, 3.05) is 18.8 Å². The Balaban J connectivity index is 1.59. The van der Waals surface area contributed by atoms with Gasteiger partial charge in [0.15, 0.2) is 5.65 Å². The van der Waals surface area contributed by atoms with Crippen LogP contribution in [0.25, 0.3) is 5.65 Å². The van der Waals surface area contributed by atoms with Gasteiger partial charge in [-0.15, -0.1) is 10.2 Å². The third-order valence-corrected chi connectivity index (χ3v) is 4.99. The van der Waals surface area contributed by atoms with Gasteiger partial charge in [-0.3, -0.25) is 9.20 Å². The van der Waals surface area contributed by atoms with E-state index < -0.39 is 0 Å². The number of nitrogens with zero attached hydrogens (tertiary/aromatic N) is 6. The second-order valence-electron chi connectivity index (χ2n) is 7.27. The quantitative estimate of drug-likeness (QED) is 0.764. The number of hydrogen-bond acceptors (Lipinski definition) is 6. The minimum atomic E-state index is -0.107. The molecule has 1 saturated heterocycles. The van der Waals surface area contributed by atoms with Crippen molar-refractivity contribution in [2.45, 2.75) is 38.5 Å². The van der Waals surface area contributed by atoms with Gasteiger partial charge in [0.1, 0.15) is 11.5 Å². The number of nitrogen functional groups attached to an aromatic ring is 1. The summed E-state index contributed by atoms with van der Waals surface area (Å²) in [6, 6.07) is 7.58. The maximum Gasteiger partial charge on any atom is 0.272 e. The number of carbonyl (C=O) groups excluding carboxylic acids is 1. The summed E-state index contributed by atoms with van der Waals surface area (Å²) in [5, 5.41) is 8.60. The predicted molar refractivity (Wildman–Crippen MR) is 101 cm³/mol. The highest BCUT2D eigenvalue weighted by Gasteiger charge is 2.29. The first-order chi connectivity index (χ1) is 13.0. The first kappa shape index (κ1) is 17.4. The molecule has 1 amide bonds. The van der Waals surface area contributed by atoms with E-state index in [-0.39, 0.29) is 23.7 Å². The van der Waals surface area contributed by atoms with Gasteiger partial charge in [-0.05, 0) is 37.0 Å². The molecule has 140 valence electrons. The Hall–Kier alpha value is -3.03. The van der Waals surface area contributed by atoms with E-state index in [9.17, 15) is 4.79 Å². The fraction of sp³-hybridized carbons (Fsp3) is 0.421. The van der Waals surface area contributed by atoms with E-state index in [4.69, 9.17) is 5.73 Å². The lowest BCUT2D eigenvalue weighted by atomic mass is 9.96. The lowest BCUT2D eigenvalue weighted by Gasteiger charge is -2.31. The van der Waals surface area contributed by atoms with Gasteiger partial charge in [0.05, 0.1) is 0 Å². The van der Waals surface area contributed by atoms with Crippen LogP contribution in [-0.4, -0.2) is 48.5 Å². The molecule has 1 aliphatic rings. The third-order valence-electron chi connectivity index (χ3n) is 4.99. The zero-order valence-corrected chi connectivity index (χ0v) is 15.5. The number of aromatic nitrogens is 5. The molecule has 2 N–H and O–H groups in total. The summed E-state index contributed by atoms with van der Waals surface area (Å²) in [4.78, 5) is 23.3. The highest BCUT2D eigenvalue weighted by Crippen LogP contribution is 2.27. The van der Waals surface area contributed by atoms with Crippen molar-refractivity contribution in [3.05, 3.63) is 47.7 Å². The van der Waals surface area contributed by atoms with Crippen molar-refractivity contribution >= 4 is 17.5 Å². The van der Waals surface area contributed by atoms with E-state index in [2.05, 4.69) is 20.2 Å². The van der Waals surface area contributed by atoms with Crippen LogP contribution in [0.3, 0.4) is 0 Å². The lowest BCUT2D eigenvalue weighted by Crippen LogP contribution is -2.40. The lowest BCUT2D eigenvalue weighted by molar-refractivity contribution is 0.0698. The summed E-state index contributed by atoms with van der Waals surface area (Å²) in [5.41, 5.74) is 7.78. The topological polar surface area (TPSA) is 102 Å². The number of likely N-dealkylation sites (tertiary alicyclic amines) is 1. The average Bonchev–Trinajstić information content (AvgIpc) is 3.11. The number of piperidine rings is 1.